The Morgan fingerprint density at radius 2 is 1.65 bits per heavy atom. The zero-order chi connectivity index (χ0) is 27.8. The third-order valence-corrected chi connectivity index (χ3v) is 5.45. The number of halogens is 6. The van der Waals surface area contributed by atoms with E-state index in [0.717, 1.165) is 50.8 Å². The van der Waals surface area contributed by atoms with E-state index in [2.05, 4.69) is 32.6 Å². The number of carboxylic acid groups (broad SMARTS) is 2. The molecule has 2 aliphatic rings. The number of fused-ring (bicyclic) bond motifs is 1. The predicted octanol–water partition coefficient (Wildman–Crippen LogP) is 3.64. The van der Waals surface area contributed by atoms with E-state index in [4.69, 9.17) is 24.2 Å². The standard InChI is InChI=1S/C18H26N4O.2C2HF3O2/c1-20(14-17-3-2-10-23-17)13-16-11-19-18-6-7-21(8-9-22(16)18)12-15-4-5-15;2*3-2(4,5)1(6)7/h2-3,10-11,15H,4-9,12-14H2,1H3;2*(H,6,7). The number of carboxylic acids is 2. The van der Waals surface area contributed by atoms with Gasteiger partial charge < -0.3 is 24.1 Å². The molecule has 9 nitrogen and oxygen atoms in total. The number of alkyl halides is 6. The van der Waals surface area contributed by atoms with Crippen LogP contribution in [0, 0.1) is 5.92 Å². The van der Waals surface area contributed by atoms with Crippen LogP contribution < -0.4 is 0 Å². The molecule has 15 heteroatoms. The Morgan fingerprint density at radius 1 is 1.05 bits per heavy atom. The summed E-state index contributed by atoms with van der Waals surface area (Å²) in [6, 6.07) is 3.98. The smallest absolute Gasteiger partial charge is 0.475 e. The van der Waals surface area contributed by atoms with E-state index in [1.807, 2.05) is 12.1 Å². The molecule has 2 N–H and O–H groups in total. The summed E-state index contributed by atoms with van der Waals surface area (Å²) in [6.45, 7) is 6.44. The Kier molecular flexibility index (Phi) is 10.5. The number of hydrogen-bond acceptors (Lipinski definition) is 6. The lowest BCUT2D eigenvalue weighted by Crippen LogP contribution is -2.29. The molecular weight excluding hydrogens is 514 g/mol. The summed E-state index contributed by atoms with van der Waals surface area (Å²) >= 11 is 0. The van der Waals surface area contributed by atoms with Gasteiger partial charge in [0.1, 0.15) is 11.6 Å². The molecule has 0 saturated heterocycles. The number of imidazole rings is 1. The molecule has 3 heterocycles. The number of aliphatic carboxylic acids is 2. The van der Waals surface area contributed by atoms with Gasteiger partial charge in [0.2, 0.25) is 0 Å². The summed E-state index contributed by atoms with van der Waals surface area (Å²) in [5, 5.41) is 14.2. The van der Waals surface area contributed by atoms with Crippen LogP contribution in [0.4, 0.5) is 26.3 Å². The second kappa shape index (κ2) is 12.9. The summed E-state index contributed by atoms with van der Waals surface area (Å²) in [5.41, 5.74) is 1.32. The second-order valence-electron chi connectivity index (χ2n) is 8.67. The maximum Gasteiger partial charge on any atom is 0.490 e. The summed E-state index contributed by atoms with van der Waals surface area (Å²) in [7, 11) is 2.14. The molecule has 0 bridgehead atoms. The molecule has 1 aliphatic heterocycles. The zero-order valence-corrected chi connectivity index (χ0v) is 19.9. The minimum Gasteiger partial charge on any atom is -0.475 e. The highest BCUT2D eigenvalue weighted by molar-refractivity contribution is 5.73. The first-order valence-electron chi connectivity index (χ1n) is 11.2. The van der Waals surface area contributed by atoms with E-state index in [1.54, 1.807) is 6.26 Å². The number of nitrogens with zero attached hydrogens (tertiary/aromatic N) is 4. The molecule has 208 valence electrons. The van der Waals surface area contributed by atoms with Crippen molar-refractivity contribution in [1.29, 1.82) is 0 Å². The normalized spacial score (nSPS) is 16.1. The lowest BCUT2D eigenvalue weighted by molar-refractivity contribution is -0.193. The first-order chi connectivity index (χ1) is 17.2. The maximum atomic E-state index is 10.6. The number of hydrogen-bond donors (Lipinski definition) is 2. The van der Waals surface area contributed by atoms with Crippen molar-refractivity contribution in [3.63, 3.8) is 0 Å². The van der Waals surface area contributed by atoms with Gasteiger partial charge in [-0.3, -0.25) is 4.90 Å². The van der Waals surface area contributed by atoms with E-state index < -0.39 is 24.3 Å². The topological polar surface area (TPSA) is 112 Å². The van der Waals surface area contributed by atoms with Crippen molar-refractivity contribution in [1.82, 2.24) is 19.4 Å². The molecule has 0 spiro atoms. The largest absolute Gasteiger partial charge is 0.490 e. The maximum absolute atomic E-state index is 10.6. The fourth-order valence-electron chi connectivity index (χ4n) is 3.51. The Morgan fingerprint density at radius 3 is 2.14 bits per heavy atom. The second-order valence-corrected chi connectivity index (χ2v) is 8.67. The van der Waals surface area contributed by atoms with E-state index in [0.29, 0.717) is 0 Å². The van der Waals surface area contributed by atoms with Crippen molar-refractivity contribution >= 4 is 11.9 Å². The van der Waals surface area contributed by atoms with Crippen LogP contribution in [0.15, 0.2) is 29.0 Å². The molecule has 0 unspecified atom stereocenters. The molecular formula is C22H28F6N4O5. The third kappa shape index (κ3) is 10.8. The Balaban J connectivity index is 0.000000286. The van der Waals surface area contributed by atoms with E-state index in [9.17, 15) is 26.3 Å². The van der Waals surface area contributed by atoms with Gasteiger partial charge in [0.15, 0.2) is 0 Å². The number of furan rings is 1. The molecule has 0 radical (unpaired) electrons. The average Bonchev–Trinajstić information content (AvgIpc) is 3.38. The van der Waals surface area contributed by atoms with Crippen LogP contribution in [0.5, 0.6) is 0 Å². The average molecular weight is 542 g/mol. The van der Waals surface area contributed by atoms with Gasteiger partial charge in [0.25, 0.3) is 0 Å². The molecule has 0 aromatic carbocycles. The van der Waals surface area contributed by atoms with Crippen molar-refractivity contribution in [3.8, 4) is 0 Å². The van der Waals surface area contributed by atoms with Crippen molar-refractivity contribution in [2.24, 2.45) is 5.92 Å². The fourth-order valence-corrected chi connectivity index (χ4v) is 3.51. The molecule has 2 aromatic rings. The van der Waals surface area contributed by atoms with Crippen LogP contribution in [0.1, 0.15) is 30.1 Å². The van der Waals surface area contributed by atoms with Crippen molar-refractivity contribution in [2.75, 3.05) is 26.7 Å². The quantitative estimate of drug-likeness (QED) is 0.533. The van der Waals surface area contributed by atoms with Crippen LogP contribution in [-0.2, 0) is 35.6 Å². The van der Waals surface area contributed by atoms with Gasteiger partial charge in [-0.1, -0.05) is 0 Å². The summed E-state index contributed by atoms with van der Waals surface area (Å²) in [6.07, 6.45) is -2.42. The van der Waals surface area contributed by atoms with Crippen molar-refractivity contribution < 1.29 is 50.6 Å². The highest BCUT2D eigenvalue weighted by atomic mass is 19.4. The van der Waals surface area contributed by atoms with E-state index in [-0.39, 0.29) is 0 Å². The van der Waals surface area contributed by atoms with Crippen LogP contribution in [0.2, 0.25) is 0 Å². The molecule has 1 saturated carbocycles. The molecule has 2 aromatic heterocycles. The van der Waals surface area contributed by atoms with Crippen LogP contribution >= 0.6 is 0 Å². The van der Waals surface area contributed by atoms with Gasteiger partial charge in [0, 0.05) is 45.3 Å². The van der Waals surface area contributed by atoms with Crippen LogP contribution in [-0.4, -0.2) is 80.5 Å². The molecule has 37 heavy (non-hydrogen) atoms. The highest BCUT2D eigenvalue weighted by Crippen LogP contribution is 2.30. The lowest BCUT2D eigenvalue weighted by Gasteiger charge is -2.20. The molecule has 0 amide bonds. The van der Waals surface area contributed by atoms with Gasteiger partial charge in [-0.2, -0.15) is 26.3 Å². The van der Waals surface area contributed by atoms with Gasteiger partial charge in [-0.15, -0.1) is 0 Å². The van der Waals surface area contributed by atoms with Crippen molar-refractivity contribution in [2.45, 2.75) is 51.2 Å². The van der Waals surface area contributed by atoms with Gasteiger partial charge in [-0.05, 0) is 37.9 Å². The Hall–Kier alpha value is -3.07. The molecule has 1 aliphatic carbocycles. The fraction of sp³-hybridized carbons (Fsp3) is 0.591. The highest BCUT2D eigenvalue weighted by Gasteiger charge is 2.38. The minimum atomic E-state index is -5.08. The van der Waals surface area contributed by atoms with Crippen LogP contribution in [0.3, 0.4) is 0 Å². The van der Waals surface area contributed by atoms with Gasteiger partial charge in [0.05, 0.1) is 18.5 Å². The summed E-state index contributed by atoms with van der Waals surface area (Å²) in [5.74, 6) is -2.28. The minimum absolute atomic E-state index is 0.835. The number of aromatic nitrogens is 2. The monoisotopic (exact) mass is 542 g/mol. The van der Waals surface area contributed by atoms with Gasteiger partial charge >= 0.3 is 24.3 Å². The SMILES string of the molecule is CN(Cc1ccco1)Cc1cnc2n1CCN(CC1CC1)CC2.O=C(O)C(F)(F)F.O=C(O)C(F)(F)F. The van der Waals surface area contributed by atoms with E-state index >= 15 is 0 Å². The molecule has 0 atom stereocenters. The lowest BCUT2D eigenvalue weighted by atomic mass is 10.3. The van der Waals surface area contributed by atoms with Gasteiger partial charge in [-0.25, -0.2) is 14.6 Å². The van der Waals surface area contributed by atoms with Crippen molar-refractivity contribution in [3.05, 3.63) is 41.9 Å². The first kappa shape index (κ1) is 30.2. The third-order valence-electron chi connectivity index (χ3n) is 5.45. The first-order valence-corrected chi connectivity index (χ1v) is 11.2. The Bertz CT molecular complexity index is 978. The number of rotatable bonds is 6. The Labute approximate surface area is 208 Å². The zero-order valence-electron chi connectivity index (χ0n) is 19.9. The molecule has 4 rings (SSSR count). The number of carbonyl (C=O) groups is 2. The van der Waals surface area contributed by atoms with E-state index in [1.165, 1.54) is 30.9 Å². The van der Waals surface area contributed by atoms with Crippen LogP contribution in [0.25, 0.3) is 0 Å². The molecule has 1 fully saturated rings. The summed E-state index contributed by atoms with van der Waals surface area (Å²) < 4.78 is 71.4. The summed E-state index contributed by atoms with van der Waals surface area (Å²) in [4.78, 5) is 27.4. The predicted molar refractivity (Wildman–Crippen MR) is 116 cm³/mol.